The van der Waals surface area contributed by atoms with Crippen LogP contribution in [0.25, 0.3) is 0 Å². The maximum Gasteiger partial charge on any atom is 0.0638 e. The first-order chi connectivity index (χ1) is 7.56. The molecule has 2 rings (SSSR count). The molecule has 0 aliphatic heterocycles. The lowest BCUT2D eigenvalue weighted by atomic mass is 9.73. The minimum absolute atomic E-state index is 0.729. The van der Waals surface area contributed by atoms with Gasteiger partial charge in [-0.25, -0.2) is 0 Å². The van der Waals surface area contributed by atoms with Gasteiger partial charge in [-0.05, 0) is 31.6 Å². The summed E-state index contributed by atoms with van der Waals surface area (Å²) >= 11 is 0. The van der Waals surface area contributed by atoms with Crippen molar-refractivity contribution >= 4 is 0 Å². The van der Waals surface area contributed by atoms with Gasteiger partial charge in [0, 0.05) is 31.4 Å². The molecule has 1 N–H and O–H groups in total. The third-order valence-corrected chi connectivity index (χ3v) is 3.81. The minimum Gasteiger partial charge on any atom is -0.310 e. The first kappa shape index (κ1) is 11.6. The van der Waals surface area contributed by atoms with Crippen molar-refractivity contribution in [2.45, 2.75) is 46.2 Å². The second-order valence-corrected chi connectivity index (χ2v) is 5.47. The summed E-state index contributed by atoms with van der Waals surface area (Å²) in [4.78, 5) is 0. The molecule has 1 fully saturated rings. The van der Waals surface area contributed by atoms with Gasteiger partial charge >= 0.3 is 0 Å². The Labute approximate surface area is 98.2 Å². The van der Waals surface area contributed by atoms with E-state index in [4.69, 9.17) is 0 Å². The van der Waals surface area contributed by atoms with Crippen molar-refractivity contribution in [1.82, 2.24) is 15.1 Å². The number of aryl methyl sites for hydroxylation is 2. The Morgan fingerprint density at radius 3 is 2.69 bits per heavy atom. The maximum atomic E-state index is 4.35. The number of hydrogen-bond acceptors (Lipinski definition) is 2. The lowest BCUT2D eigenvalue weighted by Crippen LogP contribution is -2.42. The van der Waals surface area contributed by atoms with E-state index in [1.807, 2.05) is 11.7 Å². The molecule has 0 spiro atoms. The van der Waals surface area contributed by atoms with E-state index in [-0.39, 0.29) is 0 Å². The van der Waals surface area contributed by atoms with E-state index in [0.29, 0.717) is 0 Å². The van der Waals surface area contributed by atoms with Crippen LogP contribution in [0.2, 0.25) is 0 Å². The van der Waals surface area contributed by atoms with Crippen LogP contribution in [0.15, 0.2) is 6.20 Å². The third-order valence-electron chi connectivity index (χ3n) is 3.81. The zero-order valence-corrected chi connectivity index (χ0v) is 10.8. The number of nitrogens with zero attached hydrogens (tertiary/aromatic N) is 2. The molecule has 0 unspecified atom stereocenters. The summed E-state index contributed by atoms with van der Waals surface area (Å²) in [7, 11) is 1.98. The number of hydrogen-bond donors (Lipinski definition) is 1. The quantitative estimate of drug-likeness (QED) is 0.845. The predicted octanol–water partition coefficient (Wildman–Crippen LogP) is 2.25. The van der Waals surface area contributed by atoms with Crippen molar-refractivity contribution in [3.8, 4) is 0 Å². The SMILES string of the molecule is Cc1nn(C)cc1CNC1CC(C(C)C)C1. The van der Waals surface area contributed by atoms with Crippen molar-refractivity contribution in [3.63, 3.8) is 0 Å². The van der Waals surface area contributed by atoms with E-state index in [0.717, 1.165) is 30.1 Å². The summed E-state index contributed by atoms with van der Waals surface area (Å²) in [5.41, 5.74) is 2.48. The molecule has 1 aliphatic carbocycles. The van der Waals surface area contributed by atoms with E-state index in [1.165, 1.54) is 18.4 Å². The molecule has 0 amide bonds. The molecule has 1 aliphatic rings. The highest BCUT2D eigenvalue weighted by molar-refractivity contribution is 5.15. The van der Waals surface area contributed by atoms with Crippen LogP contribution in [-0.2, 0) is 13.6 Å². The number of nitrogens with one attached hydrogen (secondary N) is 1. The fourth-order valence-corrected chi connectivity index (χ4v) is 2.45. The number of rotatable bonds is 4. The second-order valence-electron chi connectivity index (χ2n) is 5.47. The highest BCUT2D eigenvalue weighted by atomic mass is 15.2. The van der Waals surface area contributed by atoms with Crippen molar-refractivity contribution in [2.75, 3.05) is 0 Å². The smallest absolute Gasteiger partial charge is 0.0638 e. The van der Waals surface area contributed by atoms with Crippen molar-refractivity contribution in [3.05, 3.63) is 17.5 Å². The molecule has 0 bridgehead atoms. The van der Waals surface area contributed by atoms with Gasteiger partial charge < -0.3 is 5.32 Å². The molecular weight excluding hydrogens is 198 g/mol. The van der Waals surface area contributed by atoms with Gasteiger partial charge in [0.1, 0.15) is 0 Å². The van der Waals surface area contributed by atoms with E-state index in [9.17, 15) is 0 Å². The van der Waals surface area contributed by atoms with Crippen LogP contribution in [0.3, 0.4) is 0 Å². The summed E-state index contributed by atoms with van der Waals surface area (Å²) < 4.78 is 1.89. The van der Waals surface area contributed by atoms with Crippen molar-refractivity contribution in [2.24, 2.45) is 18.9 Å². The molecule has 90 valence electrons. The molecular formula is C13H23N3. The highest BCUT2D eigenvalue weighted by Crippen LogP contribution is 2.33. The first-order valence-electron chi connectivity index (χ1n) is 6.28. The van der Waals surface area contributed by atoms with Crippen LogP contribution in [0.5, 0.6) is 0 Å². The van der Waals surface area contributed by atoms with Gasteiger partial charge in [0.15, 0.2) is 0 Å². The fraction of sp³-hybridized carbons (Fsp3) is 0.769. The predicted molar refractivity (Wildman–Crippen MR) is 66.1 cm³/mol. The maximum absolute atomic E-state index is 4.35. The van der Waals surface area contributed by atoms with Gasteiger partial charge in [-0.3, -0.25) is 4.68 Å². The summed E-state index contributed by atoms with van der Waals surface area (Å²) in [6.45, 7) is 7.70. The Balaban J connectivity index is 1.75. The first-order valence-corrected chi connectivity index (χ1v) is 6.28. The van der Waals surface area contributed by atoms with E-state index in [1.54, 1.807) is 0 Å². The molecule has 1 saturated carbocycles. The van der Waals surface area contributed by atoms with Crippen LogP contribution in [-0.4, -0.2) is 15.8 Å². The van der Waals surface area contributed by atoms with E-state index in [2.05, 4.69) is 37.4 Å². The lowest BCUT2D eigenvalue weighted by molar-refractivity contribution is 0.167. The zero-order valence-electron chi connectivity index (χ0n) is 10.8. The lowest BCUT2D eigenvalue weighted by Gasteiger charge is -2.38. The van der Waals surface area contributed by atoms with Gasteiger partial charge in [-0.15, -0.1) is 0 Å². The molecule has 3 heteroatoms. The van der Waals surface area contributed by atoms with Gasteiger partial charge in [0.2, 0.25) is 0 Å². The van der Waals surface area contributed by atoms with Crippen LogP contribution in [0, 0.1) is 18.8 Å². The van der Waals surface area contributed by atoms with Crippen molar-refractivity contribution in [1.29, 1.82) is 0 Å². The van der Waals surface area contributed by atoms with Crippen molar-refractivity contribution < 1.29 is 0 Å². The molecule has 0 saturated heterocycles. The Hall–Kier alpha value is -0.830. The van der Waals surface area contributed by atoms with E-state index >= 15 is 0 Å². The van der Waals surface area contributed by atoms with Gasteiger partial charge in [-0.2, -0.15) is 5.10 Å². The molecule has 0 radical (unpaired) electrons. The Morgan fingerprint density at radius 1 is 1.50 bits per heavy atom. The second kappa shape index (κ2) is 4.58. The van der Waals surface area contributed by atoms with Gasteiger partial charge in [0.25, 0.3) is 0 Å². The summed E-state index contributed by atoms with van der Waals surface area (Å²) in [5.74, 6) is 1.78. The largest absolute Gasteiger partial charge is 0.310 e. The van der Waals surface area contributed by atoms with Crippen LogP contribution in [0.4, 0.5) is 0 Å². The van der Waals surface area contributed by atoms with Crippen LogP contribution < -0.4 is 5.32 Å². The average Bonchev–Trinajstić information content (AvgIpc) is 2.41. The third kappa shape index (κ3) is 2.46. The normalized spacial score (nSPS) is 24.8. The number of aromatic nitrogens is 2. The molecule has 1 aromatic heterocycles. The Morgan fingerprint density at radius 2 is 2.19 bits per heavy atom. The monoisotopic (exact) mass is 221 g/mol. The van der Waals surface area contributed by atoms with Gasteiger partial charge in [-0.1, -0.05) is 13.8 Å². The zero-order chi connectivity index (χ0) is 11.7. The molecule has 1 heterocycles. The topological polar surface area (TPSA) is 29.9 Å². The molecule has 0 atom stereocenters. The molecule has 3 nitrogen and oxygen atoms in total. The van der Waals surface area contributed by atoms with Gasteiger partial charge in [0.05, 0.1) is 5.69 Å². The summed E-state index contributed by atoms with van der Waals surface area (Å²) in [6.07, 6.45) is 4.80. The summed E-state index contributed by atoms with van der Waals surface area (Å²) in [5, 5.41) is 7.97. The molecule has 0 aromatic carbocycles. The molecule has 16 heavy (non-hydrogen) atoms. The van der Waals surface area contributed by atoms with E-state index < -0.39 is 0 Å². The highest BCUT2D eigenvalue weighted by Gasteiger charge is 2.30. The summed E-state index contributed by atoms with van der Waals surface area (Å²) in [6, 6.07) is 0.729. The molecule has 1 aromatic rings. The fourth-order valence-electron chi connectivity index (χ4n) is 2.45. The minimum atomic E-state index is 0.729. The standard InChI is InChI=1S/C13H23N3/c1-9(2)11-5-13(6-11)14-7-12-8-16(4)15-10(12)3/h8-9,11,13-14H,5-7H2,1-4H3. The average molecular weight is 221 g/mol. The van der Waals surface area contributed by atoms with Crippen LogP contribution >= 0.6 is 0 Å². The Kier molecular flexibility index (Phi) is 3.33. The van der Waals surface area contributed by atoms with Crippen LogP contribution in [0.1, 0.15) is 37.9 Å². The Bertz CT molecular complexity index is 348.